The number of anilines is 4. The number of hydrogen-bond acceptors (Lipinski definition) is 6. The van der Waals surface area contributed by atoms with E-state index in [1.54, 1.807) is 18.2 Å². The van der Waals surface area contributed by atoms with Gasteiger partial charge in [0, 0.05) is 17.6 Å². The zero-order chi connectivity index (χ0) is 22.7. The molecule has 0 radical (unpaired) electrons. The highest BCUT2D eigenvalue weighted by Gasteiger charge is 2.36. The maximum Gasteiger partial charge on any atom is 0.421 e. The topological polar surface area (TPSA) is 99.2 Å². The summed E-state index contributed by atoms with van der Waals surface area (Å²) in [7, 11) is 0. The fourth-order valence-corrected chi connectivity index (χ4v) is 4.39. The van der Waals surface area contributed by atoms with Crippen molar-refractivity contribution in [3.63, 3.8) is 0 Å². The van der Waals surface area contributed by atoms with Crippen LogP contribution >= 0.6 is 0 Å². The van der Waals surface area contributed by atoms with Crippen LogP contribution in [0.3, 0.4) is 0 Å². The van der Waals surface area contributed by atoms with Crippen molar-refractivity contribution in [3.05, 3.63) is 35.5 Å². The molecule has 1 unspecified atom stereocenters. The van der Waals surface area contributed by atoms with Crippen LogP contribution in [-0.4, -0.2) is 33.6 Å². The number of alkyl halides is 3. The zero-order valence-electron chi connectivity index (χ0n) is 17.5. The number of fused-ring (bicyclic) bond motifs is 1. The highest BCUT2D eigenvalue weighted by molar-refractivity contribution is 5.99. The van der Waals surface area contributed by atoms with E-state index in [0.29, 0.717) is 23.7 Å². The smallest absolute Gasteiger partial charge is 0.394 e. The number of rotatable bonds is 7. The molecule has 2 aliphatic rings. The van der Waals surface area contributed by atoms with Crippen molar-refractivity contribution in [1.29, 1.82) is 0 Å². The Labute approximate surface area is 183 Å². The molecule has 172 valence electrons. The molecule has 2 heterocycles. The van der Waals surface area contributed by atoms with Crippen LogP contribution in [0.15, 0.2) is 24.4 Å². The molecule has 0 spiro atoms. The lowest BCUT2D eigenvalue weighted by atomic mass is 9.85. The molecule has 0 saturated heterocycles. The summed E-state index contributed by atoms with van der Waals surface area (Å²) in [5.74, 6) is -0.0951. The first-order valence-electron chi connectivity index (χ1n) is 10.8. The SMILES string of the molecule is O=C1Cc2cc(Nc3ncc(C(F)(F)F)c(NC(CO)CC4CCCCC4)n3)ccc2N1. The monoisotopic (exact) mass is 449 g/mol. The standard InChI is InChI=1S/C22H26F3N5O2/c23-22(24,25)17-11-26-21(28-15-6-7-18-14(9-15)10-19(32)29-18)30-20(17)27-16(12-31)8-13-4-2-1-3-5-13/h6-7,9,11,13,16,31H,1-5,8,10,12H2,(H,29,32)(H2,26,27,28,30). The molecular weight excluding hydrogens is 423 g/mol. The Balaban J connectivity index is 1.54. The Hall–Kier alpha value is -2.88. The molecular formula is C22H26F3N5O2. The van der Waals surface area contributed by atoms with Crippen LogP contribution < -0.4 is 16.0 Å². The Bertz CT molecular complexity index is 977. The number of benzene rings is 1. The summed E-state index contributed by atoms with van der Waals surface area (Å²) in [5.41, 5.74) is 1.09. The molecule has 1 aliphatic heterocycles. The number of halogens is 3. The van der Waals surface area contributed by atoms with Gasteiger partial charge in [-0.25, -0.2) is 4.98 Å². The lowest BCUT2D eigenvalue weighted by Gasteiger charge is -2.27. The molecule has 1 fully saturated rings. The Morgan fingerprint density at radius 3 is 2.72 bits per heavy atom. The van der Waals surface area contributed by atoms with Gasteiger partial charge in [-0.15, -0.1) is 0 Å². The van der Waals surface area contributed by atoms with E-state index in [2.05, 4.69) is 25.9 Å². The van der Waals surface area contributed by atoms with Crippen LogP contribution in [0.2, 0.25) is 0 Å². The minimum Gasteiger partial charge on any atom is -0.394 e. The lowest BCUT2D eigenvalue weighted by Crippen LogP contribution is -2.29. The second-order valence-electron chi connectivity index (χ2n) is 8.44. The van der Waals surface area contributed by atoms with Gasteiger partial charge in [0.2, 0.25) is 11.9 Å². The van der Waals surface area contributed by atoms with Crippen molar-refractivity contribution in [2.75, 3.05) is 22.6 Å². The number of aliphatic hydroxyl groups excluding tert-OH is 1. The minimum atomic E-state index is -4.63. The molecule has 2 aromatic rings. The first kappa shape index (κ1) is 22.3. The van der Waals surface area contributed by atoms with E-state index in [1.165, 1.54) is 6.42 Å². The van der Waals surface area contributed by atoms with Gasteiger partial charge >= 0.3 is 6.18 Å². The molecule has 0 bridgehead atoms. The van der Waals surface area contributed by atoms with Crippen molar-refractivity contribution in [3.8, 4) is 0 Å². The van der Waals surface area contributed by atoms with Gasteiger partial charge in [0.25, 0.3) is 0 Å². The van der Waals surface area contributed by atoms with Crippen molar-refractivity contribution >= 4 is 29.0 Å². The second kappa shape index (κ2) is 9.32. The van der Waals surface area contributed by atoms with E-state index in [1.807, 2.05) is 0 Å². The first-order chi connectivity index (χ1) is 15.3. The van der Waals surface area contributed by atoms with E-state index in [0.717, 1.165) is 37.4 Å². The second-order valence-corrected chi connectivity index (χ2v) is 8.44. The van der Waals surface area contributed by atoms with Crippen molar-refractivity contribution < 1.29 is 23.1 Å². The van der Waals surface area contributed by atoms with Gasteiger partial charge < -0.3 is 21.1 Å². The third-order valence-electron chi connectivity index (χ3n) is 5.98. The van der Waals surface area contributed by atoms with Crippen LogP contribution in [0.5, 0.6) is 0 Å². The number of amides is 1. The first-order valence-corrected chi connectivity index (χ1v) is 10.8. The Kier molecular flexibility index (Phi) is 6.50. The molecule has 7 nitrogen and oxygen atoms in total. The molecule has 4 rings (SSSR count). The Morgan fingerprint density at radius 1 is 1.22 bits per heavy atom. The molecule has 1 atom stereocenters. The summed E-state index contributed by atoms with van der Waals surface area (Å²) in [6.07, 6.45) is 2.39. The summed E-state index contributed by atoms with van der Waals surface area (Å²) in [6.45, 7) is -0.285. The number of aromatic nitrogens is 2. The van der Waals surface area contributed by atoms with Gasteiger partial charge in [-0.1, -0.05) is 32.1 Å². The third kappa shape index (κ3) is 5.29. The highest BCUT2D eigenvalue weighted by atomic mass is 19.4. The van der Waals surface area contributed by atoms with Gasteiger partial charge in [0.05, 0.1) is 19.1 Å². The average Bonchev–Trinajstić information content (AvgIpc) is 3.12. The minimum absolute atomic E-state index is 0.00733. The average molecular weight is 449 g/mol. The number of aliphatic hydroxyl groups is 1. The number of carbonyl (C=O) groups is 1. The number of carbonyl (C=O) groups excluding carboxylic acids is 1. The summed E-state index contributed by atoms with van der Waals surface area (Å²) in [4.78, 5) is 19.4. The zero-order valence-corrected chi connectivity index (χ0v) is 17.5. The fraction of sp³-hybridized carbons (Fsp3) is 0.500. The van der Waals surface area contributed by atoms with Gasteiger partial charge in [-0.3, -0.25) is 4.79 Å². The van der Waals surface area contributed by atoms with E-state index in [9.17, 15) is 23.1 Å². The Morgan fingerprint density at radius 2 is 2.00 bits per heavy atom. The molecule has 32 heavy (non-hydrogen) atoms. The highest BCUT2D eigenvalue weighted by Crippen LogP contribution is 2.36. The molecule has 1 aromatic heterocycles. The van der Waals surface area contributed by atoms with Gasteiger partial charge in [0.15, 0.2) is 0 Å². The summed E-state index contributed by atoms with van der Waals surface area (Å²) in [6, 6.07) is 4.62. The van der Waals surface area contributed by atoms with E-state index < -0.39 is 17.8 Å². The van der Waals surface area contributed by atoms with E-state index in [-0.39, 0.29) is 30.7 Å². The van der Waals surface area contributed by atoms with E-state index >= 15 is 0 Å². The van der Waals surface area contributed by atoms with Crippen LogP contribution in [-0.2, 0) is 17.4 Å². The normalized spacial score (nSPS) is 17.6. The van der Waals surface area contributed by atoms with Crippen molar-refractivity contribution in [1.82, 2.24) is 9.97 Å². The van der Waals surface area contributed by atoms with Crippen LogP contribution in [0, 0.1) is 5.92 Å². The maximum atomic E-state index is 13.6. The van der Waals surface area contributed by atoms with Crippen molar-refractivity contribution in [2.45, 2.75) is 57.2 Å². The van der Waals surface area contributed by atoms with Gasteiger partial charge in [0.1, 0.15) is 11.4 Å². The third-order valence-corrected chi connectivity index (χ3v) is 5.98. The summed E-state index contributed by atoms with van der Waals surface area (Å²) >= 11 is 0. The quantitative estimate of drug-likeness (QED) is 0.498. The summed E-state index contributed by atoms with van der Waals surface area (Å²) < 4.78 is 40.7. The van der Waals surface area contributed by atoms with Gasteiger partial charge in [-0.05, 0) is 36.1 Å². The largest absolute Gasteiger partial charge is 0.421 e. The lowest BCUT2D eigenvalue weighted by molar-refractivity contribution is -0.137. The summed E-state index contributed by atoms with van der Waals surface area (Å²) in [5, 5.41) is 18.2. The molecule has 1 amide bonds. The fourth-order valence-electron chi connectivity index (χ4n) is 4.39. The molecule has 1 aromatic carbocycles. The number of hydrogen-bond donors (Lipinski definition) is 4. The molecule has 1 aliphatic carbocycles. The van der Waals surface area contributed by atoms with Crippen LogP contribution in [0.1, 0.15) is 49.7 Å². The number of nitrogens with zero attached hydrogens (tertiary/aromatic N) is 2. The van der Waals surface area contributed by atoms with E-state index in [4.69, 9.17) is 0 Å². The van der Waals surface area contributed by atoms with Crippen LogP contribution in [0.4, 0.5) is 36.3 Å². The number of nitrogens with one attached hydrogen (secondary N) is 3. The predicted molar refractivity (Wildman–Crippen MR) is 115 cm³/mol. The molecule has 10 heteroatoms. The maximum absolute atomic E-state index is 13.6. The van der Waals surface area contributed by atoms with Gasteiger partial charge in [-0.2, -0.15) is 18.2 Å². The molecule has 1 saturated carbocycles. The van der Waals surface area contributed by atoms with Crippen LogP contribution in [0.25, 0.3) is 0 Å². The van der Waals surface area contributed by atoms with Crippen molar-refractivity contribution in [2.24, 2.45) is 5.92 Å². The predicted octanol–water partition coefficient (Wildman–Crippen LogP) is 4.48. The molecule has 4 N–H and O–H groups in total.